The fourth-order valence-corrected chi connectivity index (χ4v) is 2.55. The van der Waals surface area contributed by atoms with E-state index in [4.69, 9.17) is 11.6 Å². The van der Waals surface area contributed by atoms with Gasteiger partial charge in [0.2, 0.25) is 0 Å². The Morgan fingerprint density at radius 2 is 2.00 bits per heavy atom. The van der Waals surface area contributed by atoms with E-state index in [1.165, 1.54) is 0 Å². The van der Waals surface area contributed by atoms with Crippen molar-refractivity contribution in [3.8, 4) is 0 Å². The zero-order valence-corrected chi connectivity index (χ0v) is 11.1. The molecule has 1 aromatic carbocycles. The van der Waals surface area contributed by atoms with Crippen LogP contribution < -0.4 is 0 Å². The second-order valence-corrected chi connectivity index (χ2v) is 5.10. The van der Waals surface area contributed by atoms with Crippen molar-refractivity contribution in [2.45, 2.75) is 27.3 Å². The minimum absolute atomic E-state index is 0.0220. The highest BCUT2D eigenvalue weighted by Gasteiger charge is 2.18. The number of hydrogen-bond donors (Lipinski definition) is 0. The Balaban J connectivity index is 2.75. The third kappa shape index (κ3) is 2.09. The van der Waals surface area contributed by atoms with Gasteiger partial charge < -0.3 is 4.57 Å². The molecule has 0 aliphatic rings. The lowest BCUT2D eigenvalue weighted by Crippen LogP contribution is -2.04. The number of nitrogens with zero attached hydrogens (tertiary/aromatic N) is 1. The number of rotatable bonds is 3. The van der Waals surface area contributed by atoms with Gasteiger partial charge in [0.1, 0.15) is 5.15 Å². The molecule has 1 aromatic heterocycles. The number of benzene rings is 1. The molecule has 17 heavy (non-hydrogen) atoms. The second kappa shape index (κ2) is 4.53. The number of halogens is 1. The average Bonchev–Trinajstić information content (AvgIpc) is 2.52. The molecule has 0 amide bonds. The number of fused-ring (bicyclic) bond motifs is 1. The van der Waals surface area contributed by atoms with Crippen molar-refractivity contribution in [1.29, 1.82) is 0 Å². The van der Waals surface area contributed by atoms with Gasteiger partial charge in [-0.25, -0.2) is 0 Å². The highest BCUT2D eigenvalue weighted by atomic mass is 35.5. The molecule has 0 bridgehead atoms. The first kappa shape index (κ1) is 12.2. The number of carbonyl (C=O) groups is 1. The highest BCUT2D eigenvalue weighted by molar-refractivity contribution is 6.35. The van der Waals surface area contributed by atoms with Crippen molar-refractivity contribution in [3.63, 3.8) is 0 Å². The first-order valence-electron chi connectivity index (χ1n) is 5.80. The average molecular weight is 250 g/mol. The topological polar surface area (TPSA) is 22.0 Å². The largest absolute Gasteiger partial charge is 0.331 e. The van der Waals surface area contributed by atoms with Crippen LogP contribution in [0.25, 0.3) is 10.9 Å². The van der Waals surface area contributed by atoms with E-state index in [-0.39, 0.29) is 5.78 Å². The standard InChI is InChI=1S/C14H16ClNO/c1-9(2)8-16-12-7-5-4-6-11(12)13(10(3)17)14(16)15/h4-7,9H,8H2,1-3H3. The Morgan fingerprint density at radius 3 is 2.59 bits per heavy atom. The van der Waals surface area contributed by atoms with E-state index < -0.39 is 0 Å². The smallest absolute Gasteiger partial charge is 0.163 e. The van der Waals surface area contributed by atoms with Gasteiger partial charge >= 0.3 is 0 Å². The summed E-state index contributed by atoms with van der Waals surface area (Å²) in [6.07, 6.45) is 0. The molecule has 0 spiro atoms. The molecule has 2 aromatic rings. The Kier molecular flexibility index (Phi) is 3.25. The summed E-state index contributed by atoms with van der Waals surface area (Å²) in [5, 5.41) is 1.51. The molecule has 1 heterocycles. The van der Waals surface area contributed by atoms with Gasteiger partial charge in [-0.1, -0.05) is 43.6 Å². The predicted molar refractivity (Wildman–Crippen MR) is 71.8 cm³/mol. The zero-order valence-electron chi connectivity index (χ0n) is 10.3. The monoisotopic (exact) mass is 249 g/mol. The van der Waals surface area contributed by atoms with Crippen molar-refractivity contribution in [1.82, 2.24) is 4.57 Å². The van der Waals surface area contributed by atoms with Gasteiger partial charge in [0.05, 0.1) is 5.56 Å². The summed E-state index contributed by atoms with van der Waals surface area (Å²) in [6, 6.07) is 7.87. The second-order valence-electron chi connectivity index (χ2n) is 4.74. The molecule has 0 radical (unpaired) electrons. The maximum absolute atomic E-state index is 11.7. The minimum Gasteiger partial charge on any atom is -0.331 e. The van der Waals surface area contributed by atoms with Crippen molar-refractivity contribution >= 4 is 28.3 Å². The van der Waals surface area contributed by atoms with Crippen molar-refractivity contribution in [2.24, 2.45) is 5.92 Å². The third-order valence-electron chi connectivity index (χ3n) is 2.81. The lowest BCUT2D eigenvalue weighted by atomic mass is 10.1. The number of Topliss-reactive ketones (excluding diaryl/α,β-unsaturated/α-hetero) is 1. The fraction of sp³-hybridized carbons (Fsp3) is 0.357. The summed E-state index contributed by atoms with van der Waals surface area (Å²) in [6.45, 7) is 6.66. The van der Waals surface area contributed by atoms with Crippen LogP contribution in [0.2, 0.25) is 5.15 Å². The Bertz CT molecular complexity index is 569. The SMILES string of the molecule is CC(=O)c1c(Cl)n(CC(C)C)c2ccccc12. The Hall–Kier alpha value is -1.28. The molecule has 0 atom stereocenters. The number of carbonyl (C=O) groups excluding carboxylic acids is 1. The highest BCUT2D eigenvalue weighted by Crippen LogP contribution is 2.31. The van der Waals surface area contributed by atoms with E-state index in [1.807, 2.05) is 28.8 Å². The lowest BCUT2D eigenvalue weighted by Gasteiger charge is -2.09. The minimum atomic E-state index is 0.0220. The van der Waals surface area contributed by atoms with Crippen LogP contribution in [0.5, 0.6) is 0 Å². The first-order chi connectivity index (χ1) is 8.02. The maximum Gasteiger partial charge on any atom is 0.163 e. The van der Waals surface area contributed by atoms with Crippen LogP contribution in [-0.4, -0.2) is 10.4 Å². The molecule has 0 aliphatic heterocycles. The molecule has 0 unspecified atom stereocenters. The van der Waals surface area contributed by atoms with E-state index in [9.17, 15) is 4.79 Å². The molecule has 0 saturated carbocycles. The van der Waals surface area contributed by atoms with Crippen LogP contribution in [0, 0.1) is 5.92 Å². The third-order valence-corrected chi connectivity index (χ3v) is 3.20. The van der Waals surface area contributed by atoms with Crippen LogP contribution in [0.1, 0.15) is 31.1 Å². The van der Waals surface area contributed by atoms with Crippen molar-refractivity contribution < 1.29 is 4.79 Å². The van der Waals surface area contributed by atoms with Gasteiger partial charge in [0.25, 0.3) is 0 Å². The van der Waals surface area contributed by atoms with Crippen molar-refractivity contribution in [2.75, 3.05) is 0 Å². The van der Waals surface area contributed by atoms with E-state index in [1.54, 1.807) is 6.92 Å². The van der Waals surface area contributed by atoms with E-state index in [2.05, 4.69) is 13.8 Å². The zero-order chi connectivity index (χ0) is 12.6. The molecule has 0 saturated heterocycles. The summed E-state index contributed by atoms with van der Waals surface area (Å²) in [4.78, 5) is 11.7. The van der Waals surface area contributed by atoms with Crippen LogP contribution in [-0.2, 0) is 6.54 Å². The van der Waals surface area contributed by atoms with Crippen LogP contribution >= 0.6 is 11.6 Å². The molecular weight excluding hydrogens is 234 g/mol. The molecule has 2 rings (SSSR count). The van der Waals surface area contributed by atoms with Crippen LogP contribution in [0.15, 0.2) is 24.3 Å². The van der Waals surface area contributed by atoms with E-state index in [0.717, 1.165) is 17.4 Å². The summed E-state index contributed by atoms with van der Waals surface area (Å²) >= 11 is 6.33. The Morgan fingerprint density at radius 1 is 1.35 bits per heavy atom. The Labute approximate surface area is 106 Å². The van der Waals surface area contributed by atoms with E-state index in [0.29, 0.717) is 16.6 Å². The van der Waals surface area contributed by atoms with Crippen molar-refractivity contribution in [3.05, 3.63) is 35.0 Å². The normalized spacial score (nSPS) is 11.4. The summed E-state index contributed by atoms with van der Waals surface area (Å²) in [5.41, 5.74) is 1.68. The number of hydrogen-bond acceptors (Lipinski definition) is 1. The maximum atomic E-state index is 11.7. The first-order valence-corrected chi connectivity index (χ1v) is 6.17. The van der Waals surface area contributed by atoms with Gasteiger partial charge in [0.15, 0.2) is 5.78 Å². The summed E-state index contributed by atoms with van der Waals surface area (Å²) in [7, 11) is 0. The molecule has 3 heteroatoms. The predicted octanol–water partition coefficient (Wildman–Crippen LogP) is 4.15. The lowest BCUT2D eigenvalue weighted by molar-refractivity contribution is 0.101. The van der Waals surface area contributed by atoms with Crippen LogP contribution in [0.4, 0.5) is 0 Å². The van der Waals surface area contributed by atoms with Gasteiger partial charge in [-0.15, -0.1) is 0 Å². The van der Waals surface area contributed by atoms with Gasteiger partial charge in [-0.05, 0) is 18.9 Å². The molecule has 0 fully saturated rings. The van der Waals surface area contributed by atoms with Crippen LogP contribution in [0.3, 0.4) is 0 Å². The number of ketones is 1. The summed E-state index contributed by atoms with van der Waals surface area (Å²) in [5.74, 6) is 0.511. The quantitative estimate of drug-likeness (QED) is 0.749. The van der Waals surface area contributed by atoms with E-state index >= 15 is 0 Å². The molecular formula is C14H16ClNO. The molecule has 90 valence electrons. The fourth-order valence-electron chi connectivity index (χ4n) is 2.15. The summed E-state index contributed by atoms with van der Waals surface area (Å²) < 4.78 is 2.03. The van der Waals surface area contributed by atoms with Gasteiger partial charge in [-0.3, -0.25) is 4.79 Å². The number of para-hydroxylation sites is 1. The molecule has 2 nitrogen and oxygen atoms in total. The number of aromatic nitrogens is 1. The van der Waals surface area contributed by atoms with Gasteiger partial charge in [-0.2, -0.15) is 0 Å². The molecule has 0 N–H and O–H groups in total. The molecule has 0 aliphatic carbocycles. The van der Waals surface area contributed by atoms with Gasteiger partial charge in [0, 0.05) is 17.4 Å².